The summed E-state index contributed by atoms with van der Waals surface area (Å²) in [4.78, 5) is 14.3. The number of hydrogen-bond acceptors (Lipinski definition) is 2. The smallest absolute Gasteiger partial charge is 0.406 e. The molecule has 138 valence electrons. The van der Waals surface area contributed by atoms with E-state index in [1.807, 2.05) is 6.92 Å². The van der Waals surface area contributed by atoms with Crippen LogP contribution in [-0.4, -0.2) is 30.3 Å². The topological polar surface area (TPSA) is 29.5 Å². The Balaban J connectivity index is 1.62. The molecule has 0 radical (unpaired) electrons. The molecule has 1 unspecified atom stereocenters. The lowest BCUT2D eigenvalue weighted by Crippen LogP contribution is -2.29. The van der Waals surface area contributed by atoms with Crippen LogP contribution in [0.3, 0.4) is 0 Å². The van der Waals surface area contributed by atoms with Gasteiger partial charge < -0.3 is 9.64 Å². The molecule has 0 aromatic heterocycles. The second-order valence-electron chi connectivity index (χ2n) is 6.67. The fraction of sp³-hybridized carbons (Fsp3) is 0.350. The Morgan fingerprint density at radius 1 is 1.19 bits per heavy atom. The zero-order valence-corrected chi connectivity index (χ0v) is 14.4. The molecule has 0 spiro atoms. The molecule has 1 fully saturated rings. The number of benzene rings is 2. The minimum atomic E-state index is -4.77. The van der Waals surface area contributed by atoms with Gasteiger partial charge in [0, 0.05) is 18.7 Å². The Bertz CT molecular complexity index is 771. The molecule has 1 heterocycles. The van der Waals surface area contributed by atoms with Gasteiger partial charge in [0.15, 0.2) is 0 Å². The SMILES string of the molecule is Cc1ccc(CC2CCN(C(=O)c3cccc(OC(F)(F)F)c3)C2)cc1. The zero-order valence-electron chi connectivity index (χ0n) is 14.4. The summed E-state index contributed by atoms with van der Waals surface area (Å²) < 4.78 is 40.9. The molecule has 6 heteroatoms. The van der Waals surface area contributed by atoms with Crippen molar-refractivity contribution in [3.8, 4) is 5.75 Å². The third-order valence-corrected chi connectivity index (χ3v) is 4.53. The maximum absolute atomic E-state index is 12.6. The van der Waals surface area contributed by atoms with Crippen LogP contribution in [0.1, 0.15) is 27.9 Å². The van der Waals surface area contributed by atoms with Crippen molar-refractivity contribution >= 4 is 5.91 Å². The average molecular weight is 363 g/mol. The first kappa shape index (κ1) is 18.3. The number of likely N-dealkylation sites (tertiary alicyclic amines) is 1. The molecular weight excluding hydrogens is 343 g/mol. The van der Waals surface area contributed by atoms with Gasteiger partial charge in [0.2, 0.25) is 0 Å². The number of hydrogen-bond donors (Lipinski definition) is 0. The van der Waals surface area contributed by atoms with E-state index in [0.29, 0.717) is 19.0 Å². The summed E-state index contributed by atoms with van der Waals surface area (Å²) >= 11 is 0. The molecule has 3 nitrogen and oxygen atoms in total. The lowest BCUT2D eigenvalue weighted by Gasteiger charge is -2.17. The molecule has 2 aromatic carbocycles. The number of ether oxygens (including phenoxy) is 1. The molecule has 0 saturated carbocycles. The predicted molar refractivity (Wildman–Crippen MR) is 92.0 cm³/mol. The average Bonchev–Trinajstić information content (AvgIpc) is 3.03. The molecular formula is C20H20F3NO2. The first-order chi connectivity index (χ1) is 12.3. The summed E-state index contributed by atoms with van der Waals surface area (Å²) in [5.74, 6) is -0.279. The number of amides is 1. The Hall–Kier alpha value is -2.50. The van der Waals surface area contributed by atoms with Gasteiger partial charge in [-0.15, -0.1) is 13.2 Å². The first-order valence-electron chi connectivity index (χ1n) is 8.51. The Morgan fingerprint density at radius 3 is 2.62 bits per heavy atom. The predicted octanol–water partition coefficient (Wildman–Crippen LogP) is 4.60. The van der Waals surface area contributed by atoms with Gasteiger partial charge in [0.05, 0.1) is 0 Å². The van der Waals surface area contributed by atoms with Crippen LogP contribution in [0.4, 0.5) is 13.2 Å². The summed E-state index contributed by atoms with van der Waals surface area (Å²) in [6.45, 7) is 3.26. The van der Waals surface area contributed by atoms with Crippen molar-refractivity contribution in [3.05, 3.63) is 65.2 Å². The number of carbonyl (C=O) groups is 1. The molecule has 1 saturated heterocycles. The van der Waals surface area contributed by atoms with Gasteiger partial charge in [-0.2, -0.15) is 0 Å². The molecule has 26 heavy (non-hydrogen) atoms. The highest BCUT2D eigenvalue weighted by Crippen LogP contribution is 2.26. The van der Waals surface area contributed by atoms with E-state index < -0.39 is 6.36 Å². The van der Waals surface area contributed by atoms with Crippen LogP contribution in [0.5, 0.6) is 5.75 Å². The Kier molecular flexibility index (Phi) is 5.20. The zero-order chi connectivity index (χ0) is 18.7. The number of halogens is 3. The number of rotatable bonds is 4. The van der Waals surface area contributed by atoms with Crippen LogP contribution in [0.25, 0.3) is 0 Å². The van der Waals surface area contributed by atoms with Crippen LogP contribution < -0.4 is 4.74 Å². The highest BCUT2D eigenvalue weighted by Gasteiger charge is 2.32. The maximum Gasteiger partial charge on any atom is 0.573 e. The second kappa shape index (κ2) is 7.40. The number of aryl methyl sites for hydroxylation is 1. The summed E-state index contributed by atoms with van der Waals surface area (Å²) in [6, 6.07) is 13.6. The van der Waals surface area contributed by atoms with Crippen molar-refractivity contribution in [2.24, 2.45) is 5.92 Å². The molecule has 0 aliphatic carbocycles. The van der Waals surface area contributed by atoms with E-state index in [4.69, 9.17) is 0 Å². The molecule has 1 aliphatic rings. The van der Waals surface area contributed by atoms with E-state index in [1.54, 1.807) is 4.90 Å². The van der Waals surface area contributed by atoms with Crippen LogP contribution in [0, 0.1) is 12.8 Å². The van der Waals surface area contributed by atoms with Gasteiger partial charge in [-0.05, 0) is 49.4 Å². The fourth-order valence-electron chi connectivity index (χ4n) is 3.25. The van der Waals surface area contributed by atoms with E-state index in [0.717, 1.165) is 18.9 Å². The van der Waals surface area contributed by atoms with E-state index in [9.17, 15) is 18.0 Å². The molecule has 3 rings (SSSR count). The summed E-state index contributed by atoms with van der Waals surface area (Å²) in [7, 11) is 0. The van der Waals surface area contributed by atoms with Gasteiger partial charge in [0.1, 0.15) is 5.75 Å². The summed E-state index contributed by atoms with van der Waals surface area (Å²) in [5, 5.41) is 0. The summed E-state index contributed by atoms with van der Waals surface area (Å²) in [6.07, 6.45) is -2.99. The lowest BCUT2D eigenvalue weighted by molar-refractivity contribution is -0.274. The maximum atomic E-state index is 12.6. The van der Waals surface area contributed by atoms with E-state index in [2.05, 4.69) is 29.0 Å². The van der Waals surface area contributed by atoms with Gasteiger partial charge in [-0.25, -0.2) is 0 Å². The van der Waals surface area contributed by atoms with E-state index >= 15 is 0 Å². The van der Waals surface area contributed by atoms with Crippen molar-refractivity contribution in [3.63, 3.8) is 0 Å². The van der Waals surface area contributed by atoms with Crippen molar-refractivity contribution in [2.45, 2.75) is 26.1 Å². The minimum Gasteiger partial charge on any atom is -0.406 e. The summed E-state index contributed by atoms with van der Waals surface area (Å²) in [5.41, 5.74) is 2.65. The minimum absolute atomic E-state index is 0.211. The quantitative estimate of drug-likeness (QED) is 0.795. The molecule has 0 N–H and O–H groups in total. The van der Waals surface area contributed by atoms with Crippen LogP contribution in [0.15, 0.2) is 48.5 Å². The normalized spacial score (nSPS) is 17.4. The van der Waals surface area contributed by atoms with Crippen LogP contribution in [0.2, 0.25) is 0 Å². The number of carbonyl (C=O) groups excluding carboxylic acids is 1. The van der Waals surface area contributed by atoms with E-state index in [1.165, 1.54) is 29.3 Å². The fourth-order valence-corrected chi connectivity index (χ4v) is 3.25. The van der Waals surface area contributed by atoms with Crippen LogP contribution in [-0.2, 0) is 6.42 Å². The van der Waals surface area contributed by atoms with Crippen molar-refractivity contribution in [1.29, 1.82) is 0 Å². The lowest BCUT2D eigenvalue weighted by atomic mass is 9.98. The third kappa shape index (κ3) is 4.77. The van der Waals surface area contributed by atoms with Crippen molar-refractivity contribution < 1.29 is 22.7 Å². The highest BCUT2D eigenvalue weighted by molar-refractivity contribution is 5.94. The van der Waals surface area contributed by atoms with Gasteiger partial charge >= 0.3 is 6.36 Å². The van der Waals surface area contributed by atoms with Crippen LogP contribution >= 0.6 is 0 Å². The van der Waals surface area contributed by atoms with Gasteiger partial charge in [0.25, 0.3) is 5.91 Å². The largest absolute Gasteiger partial charge is 0.573 e. The third-order valence-electron chi connectivity index (χ3n) is 4.53. The molecule has 1 atom stereocenters. The monoisotopic (exact) mass is 363 g/mol. The standard InChI is InChI=1S/C20H20F3NO2/c1-14-5-7-15(8-6-14)11-16-9-10-24(13-16)19(25)17-3-2-4-18(12-17)26-20(21,22)23/h2-8,12,16H,9-11,13H2,1H3. The van der Waals surface area contributed by atoms with Crippen molar-refractivity contribution in [2.75, 3.05) is 13.1 Å². The first-order valence-corrected chi connectivity index (χ1v) is 8.51. The molecule has 0 bridgehead atoms. The molecule has 1 aliphatic heterocycles. The van der Waals surface area contributed by atoms with Crippen molar-refractivity contribution in [1.82, 2.24) is 4.90 Å². The van der Waals surface area contributed by atoms with E-state index in [-0.39, 0.29) is 17.2 Å². The molecule has 1 amide bonds. The highest BCUT2D eigenvalue weighted by atomic mass is 19.4. The number of alkyl halides is 3. The Morgan fingerprint density at radius 2 is 1.92 bits per heavy atom. The van der Waals surface area contributed by atoms with Gasteiger partial charge in [-0.1, -0.05) is 35.9 Å². The Labute approximate surface area is 150 Å². The molecule has 2 aromatic rings. The second-order valence-corrected chi connectivity index (χ2v) is 6.67. The number of nitrogens with zero attached hydrogens (tertiary/aromatic N) is 1. The van der Waals surface area contributed by atoms with Gasteiger partial charge in [-0.3, -0.25) is 4.79 Å².